The number of carbonyl (C=O) groups is 1. The average Bonchev–Trinajstić information content (AvgIpc) is 3.18. The molecule has 2 aliphatic rings. The first kappa shape index (κ1) is 14.8. The highest BCUT2D eigenvalue weighted by atomic mass is 16.1. The molecule has 2 heterocycles. The Morgan fingerprint density at radius 3 is 2.52 bits per heavy atom. The van der Waals surface area contributed by atoms with E-state index in [2.05, 4.69) is 16.9 Å². The molecule has 1 aromatic rings. The number of aromatic nitrogens is 2. The third kappa shape index (κ3) is 2.91. The molecule has 0 amide bonds. The van der Waals surface area contributed by atoms with Crippen molar-refractivity contribution in [3.63, 3.8) is 0 Å². The van der Waals surface area contributed by atoms with E-state index in [9.17, 15) is 4.79 Å². The molecule has 1 aromatic heterocycles. The van der Waals surface area contributed by atoms with Gasteiger partial charge in [0.15, 0.2) is 5.78 Å². The molecule has 0 bridgehead atoms. The minimum Gasteiger partial charge on any atom is -0.297 e. The molecule has 4 heteroatoms. The summed E-state index contributed by atoms with van der Waals surface area (Å²) in [7, 11) is 0. The second-order valence-electron chi connectivity index (χ2n) is 6.59. The highest BCUT2D eigenvalue weighted by Gasteiger charge is 2.45. The molecule has 0 aromatic carbocycles. The van der Waals surface area contributed by atoms with Crippen LogP contribution in [0.25, 0.3) is 0 Å². The summed E-state index contributed by atoms with van der Waals surface area (Å²) in [5.41, 5.74) is 0.916. The lowest BCUT2D eigenvalue weighted by Gasteiger charge is -2.42. The van der Waals surface area contributed by atoms with Crippen LogP contribution in [0.5, 0.6) is 0 Å². The molecule has 1 aliphatic carbocycles. The molecule has 4 nitrogen and oxygen atoms in total. The number of nitrogens with zero attached hydrogens (tertiary/aromatic N) is 3. The van der Waals surface area contributed by atoms with Crippen LogP contribution in [0.4, 0.5) is 0 Å². The lowest BCUT2D eigenvalue weighted by atomic mass is 9.85. The third-order valence-electron chi connectivity index (χ3n) is 5.29. The first-order valence-corrected chi connectivity index (χ1v) is 8.54. The minimum absolute atomic E-state index is 0.158. The lowest BCUT2D eigenvalue weighted by molar-refractivity contribution is -0.131. The van der Waals surface area contributed by atoms with Crippen molar-refractivity contribution in [2.75, 3.05) is 13.1 Å². The Hall–Kier alpha value is -1.16. The zero-order chi connectivity index (χ0) is 14.7. The quantitative estimate of drug-likeness (QED) is 0.836. The summed E-state index contributed by atoms with van der Waals surface area (Å²) in [4.78, 5) is 15.6. The van der Waals surface area contributed by atoms with Gasteiger partial charge in [-0.2, -0.15) is 5.10 Å². The van der Waals surface area contributed by atoms with E-state index in [1.54, 1.807) is 0 Å². The predicted molar refractivity (Wildman–Crippen MR) is 83.2 cm³/mol. The molecule has 0 radical (unpaired) electrons. The van der Waals surface area contributed by atoms with Crippen molar-refractivity contribution in [2.24, 2.45) is 0 Å². The van der Waals surface area contributed by atoms with Crippen LogP contribution in [-0.2, 0) is 17.8 Å². The van der Waals surface area contributed by atoms with E-state index < -0.39 is 0 Å². The van der Waals surface area contributed by atoms with Gasteiger partial charge in [0.25, 0.3) is 0 Å². The maximum Gasteiger partial charge on any atom is 0.157 e. The van der Waals surface area contributed by atoms with Crippen LogP contribution in [0.1, 0.15) is 57.4 Å². The van der Waals surface area contributed by atoms with E-state index in [1.807, 2.05) is 17.1 Å². The van der Waals surface area contributed by atoms with Crippen LogP contribution in [0.3, 0.4) is 0 Å². The Bertz CT molecular complexity index is 482. The highest BCUT2D eigenvalue weighted by molar-refractivity contribution is 5.90. The SMILES string of the molecule is CCn1cc(CC(=O)C2(N3CCCCC3)CCCC2)cn1. The van der Waals surface area contributed by atoms with E-state index in [0.717, 1.165) is 38.0 Å². The monoisotopic (exact) mass is 289 g/mol. The topological polar surface area (TPSA) is 38.1 Å². The summed E-state index contributed by atoms with van der Waals surface area (Å²) < 4.78 is 1.91. The van der Waals surface area contributed by atoms with Crippen molar-refractivity contribution in [2.45, 2.75) is 70.4 Å². The molecule has 1 aliphatic heterocycles. The fourth-order valence-electron chi connectivity index (χ4n) is 4.07. The number of hydrogen-bond donors (Lipinski definition) is 0. The van der Waals surface area contributed by atoms with Crippen molar-refractivity contribution in [3.05, 3.63) is 18.0 Å². The fourth-order valence-corrected chi connectivity index (χ4v) is 4.07. The van der Waals surface area contributed by atoms with E-state index in [0.29, 0.717) is 12.2 Å². The standard InChI is InChI=1S/C17H27N3O/c1-2-20-14-15(13-18-20)12-16(21)17(8-4-5-9-17)19-10-6-3-7-11-19/h13-14H,2-12H2,1H3. The van der Waals surface area contributed by atoms with Crippen molar-refractivity contribution >= 4 is 5.78 Å². The Balaban J connectivity index is 1.74. The molecule has 0 spiro atoms. The summed E-state index contributed by atoms with van der Waals surface area (Å²) in [6.45, 7) is 5.16. The Labute approximate surface area is 127 Å². The van der Waals surface area contributed by atoms with Crippen LogP contribution < -0.4 is 0 Å². The second-order valence-corrected chi connectivity index (χ2v) is 6.59. The Morgan fingerprint density at radius 1 is 1.19 bits per heavy atom. The van der Waals surface area contributed by atoms with Gasteiger partial charge < -0.3 is 0 Å². The van der Waals surface area contributed by atoms with Crippen molar-refractivity contribution in [1.82, 2.24) is 14.7 Å². The van der Waals surface area contributed by atoms with Gasteiger partial charge in [0, 0.05) is 19.2 Å². The first-order chi connectivity index (χ1) is 10.2. The summed E-state index contributed by atoms with van der Waals surface area (Å²) in [5, 5.41) is 4.30. The maximum absolute atomic E-state index is 13.1. The smallest absolute Gasteiger partial charge is 0.157 e. The van der Waals surface area contributed by atoms with Crippen LogP contribution in [0.2, 0.25) is 0 Å². The number of hydrogen-bond acceptors (Lipinski definition) is 3. The molecule has 0 N–H and O–H groups in total. The summed E-state index contributed by atoms with van der Waals surface area (Å²) in [6, 6.07) is 0. The average molecular weight is 289 g/mol. The third-order valence-corrected chi connectivity index (χ3v) is 5.29. The van der Waals surface area contributed by atoms with Gasteiger partial charge >= 0.3 is 0 Å². The Kier molecular flexibility index (Phi) is 4.43. The molecule has 3 rings (SSSR count). The van der Waals surface area contributed by atoms with Gasteiger partial charge in [-0.1, -0.05) is 19.3 Å². The summed E-state index contributed by atoms with van der Waals surface area (Å²) in [5.74, 6) is 0.428. The number of Topliss-reactive ketones (excluding diaryl/α,β-unsaturated/α-hetero) is 1. The van der Waals surface area contributed by atoms with Gasteiger partial charge in [-0.15, -0.1) is 0 Å². The van der Waals surface area contributed by atoms with Gasteiger partial charge in [0.1, 0.15) is 0 Å². The molecule has 1 saturated heterocycles. The van der Waals surface area contributed by atoms with Crippen LogP contribution in [-0.4, -0.2) is 39.1 Å². The Morgan fingerprint density at radius 2 is 1.90 bits per heavy atom. The number of ketones is 1. The van der Waals surface area contributed by atoms with E-state index in [-0.39, 0.29) is 5.54 Å². The number of piperidine rings is 1. The van der Waals surface area contributed by atoms with Crippen LogP contribution in [0, 0.1) is 0 Å². The zero-order valence-electron chi connectivity index (χ0n) is 13.2. The zero-order valence-corrected chi connectivity index (χ0v) is 13.2. The molecule has 1 saturated carbocycles. The summed E-state index contributed by atoms with van der Waals surface area (Å²) >= 11 is 0. The second kappa shape index (κ2) is 6.30. The van der Waals surface area contributed by atoms with E-state index in [1.165, 1.54) is 32.1 Å². The normalized spacial score (nSPS) is 22.5. The molecular formula is C17H27N3O. The van der Waals surface area contributed by atoms with Crippen LogP contribution in [0.15, 0.2) is 12.4 Å². The van der Waals surface area contributed by atoms with Crippen molar-refractivity contribution in [3.8, 4) is 0 Å². The number of rotatable bonds is 5. The number of aryl methyl sites for hydroxylation is 1. The number of likely N-dealkylation sites (tertiary alicyclic amines) is 1. The highest BCUT2D eigenvalue weighted by Crippen LogP contribution is 2.38. The maximum atomic E-state index is 13.1. The molecule has 116 valence electrons. The molecule has 0 unspecified atom stereocenters. The number of carbonyl (C=O) groups excluding carboxylic acids is 1. The van der Waals surface area contributed by atoms with Gasteiger partial charge in [0.2, 0.25) is 0 Å². The van der Waals surface area contributed by atoms with Crippen LogP contribution >= 0.6 is 0 Å². The van der Waals surface area contributed by atoms with E-state index in [4.69, 9.17) is 0 Å². The summed E-state index contributed by atoms with van der Waals surface area (Å²) in [6.07, 6.45) is 12.8. The molecular weight excluding hydrogens is 262 g/mol. The molecule has 21 heavy (non-hydrogen) atoms. The largest absolute Gasteiger partial charge is 0.297 e. The minimum atomic E-state index is -0.158. The van der Waals surface area contributed by atoms with E-state index >= 15 is 0 Å². The van der Waals surface area contributed by atoms with Gasteiger partial charge in [-0.3, -0.25) is 14.4 Å². The van der Waals surface area contributed by atoms with Crippen molar-refractivity contribution < 1.29 is 4.79 Å². The van der Waals surface area contributed by atoms with Gasteiger partial charge in [0.05, 0.1) is 11.7 Å². The van der Waals surface area contributed by atoms with Crippen molar-refractivity contribution in [1.29, 1.82) is 0 Å². The van der Waals surface area contributed by atoms with Gasteiger partial charge in [-0.05, 0) is 51.3 Å². The molecule has 0 atom stereocenters. The molecule has 2 fully saturated rings. The first-order valence-electron chi connectivity index (χ1n) is 8.54. The van der Waals surface area contributed by atoms with Gasteiger partial charge in [-0.25, -0.2) is 0 Å². The lowest BCUT2D eigenvalue weighted by Crippen LogP contribution is -2.55. The predicted octanol–water partition coefficient (Wildman–Crippen LogP) is 2.81. The fraction of sp³-hybridized carbons (Fsp3) is 0.765.